The van der Waals surface area contributed by atoms with Crippen LogP contribution in [-0.2, 0) is 11.3 Å². The van der Waals surface area contributed by atoms with Crippen LogP contribution in [-0.4, -0.2) is 56.0 Å². The van der Waals surface area contributed by atoms with Gasteiger partial charge in [0.25, 0.3) is 0 Å². The molecule has 0 unspecified atom stereocenters. The van der Waals surface area contributed by atoms with Gasteiger partial charge in [0.1, 0.15) is 0 Å². The topological polar surface area (TPSA) is 68.8 Å². The smallest absolute Gasteiger partial charge is 0.233 e. The molecule has 1 amide bonds. The van der Waals surface area contributed by atoms with Gasteiger partial charge in [0, 0.05) is 32.7 Å². The number of carbonyl (C=O) groups excluding carboxylic acids is 1. The quantitative estimate of drug-likeness (QED) is 0.318. The molecule has 158 valence electrons. The molecule has 0 saturated carbocycles. The van der Waals surface area contributed by atoms with Crippen molar-refractivity contribution in [3.63, 3.8) is 0 Å². The normalized spacial score (nSPS) is 15.6. The summed E-state index contributed by atoms with van der Waals surface area (Å²) in [6.45, 7) is 5.89. The van der Waals surface area contributed by atoms with E-state index in [2.05, 4.69) is 70.2 Å². The number of nitrogens with zero attached hydrogens (tertiary/aromatic N) is 2. The van der Waals surface area contributed by atoms with Crippen LogP contribution in [0.25, 0.3) is 10.8 Å². The Morgan fingerprint density at radius 3 is 2.59 bits per heavy atom. The molecule has 29 heavy (non-hydrogen) atoms. The molecular weight excluding hydrogens is 477 g/mol. The number of fused-ring (bicyclic) bond motifs is 1. The van der Waals surface area contributed by atoms with Crippen LogP contribution in [0.5, 0.6) is 0 Å². The number of nitrogens with one attached hydrogen (secondary N) is 3. The first-order valence-electron chi connectivity index (χ1n) is 10.1. The van der Waals surface area contributed by atoms with Crippen LogP contribution in [0.1, 0.15) is 25.3 Å². The summed E-state index contributed by atoms with van der Waals surface area (Å²) in [5.74, 6) is 0.941. The minimum Gasteiger partial charge on any atom is -0.358 e. The van der Waals surface area contributed by atoms with Gasteiger partial charge in [-0.15, -0.1) is 24.0 Å². The number of halogens is 1. The molecule has 1 saturated heterocycles. The average Bonchev–Trinajstić information content (AvgIpc) is 2.73. The highest BCUT2D eigenvalue weighted by Crippen LogP contribution is 2.19. The molecule has 3 rings (SSSR count). The fraction of sp³-hybridized carbons (Fsp3) is 0.455. The van der Waals surface area contributed by atoms with E-state index in [1.807, 2.05) is 0 Å². The number of rotatable bonds is 6. The van der Waals surface area contributed by atoms with Crippen molar-refractivity contribution >= 4 is 46.6 Å². The van der Waals surface area contributed by atoms with Crippen molar-refractivity contribution in [2.75, 3.05) is 33.2 Å². The van der Waals surface area contributed by atoms with Crippen LogP contribution in [0.4, 0.5) is 0 Å². The minimum absolute atomic E-state index is 0. The van der Waals surface area contributed by atoms with E-state index >= 15 is 0 Å². The maximum absolute atomic E-state index is 11.5. The molecule has 6 nitrogen and oxygen atoms in total. The van der Waals surface area contributed by atoms with Crippen molar-refractivity contribution in [2.24, 2.45) is 4.99 Å². The Balaban J connectivity index is 0.00000300. The predicted octanol–water partition coefficient (Wildman–Crippen LogP) is 2.72. The lowest BCUT2D eigenvalue weighted by atomic mass is 10.0. The van der Waals surface area contributed by atoms with Gasteiger partial charge in [0.15, 0.2) is 5.96 Å². The van der Waals surface area contributed by atoms with Gasteiger partial charge in [-0.1, -0.05) is 42.5 Å². The number of hydrogen-bond donors (Lipinski definition) is 3. The summed E-state index contributed by atoms with van der Waals surface area (Å²) in [6, 6.07) is 15.2. The van der Waals surface area contributed by atoms with E-state index in [0.717, 1.165) is 38.4 Å². The van der Waals surface area contributed by atoms with Gasteiger partial charge in [0.2, 0.25) is 5.91 Å². The standard InChI is InChI=1S/C22H31N5O.HI/c1-3-24-22(26-19-11-13-27(14-12-19)16-21(28)23-2)25-15-18-9-6-8-17-7-4-5-10-20(17)18;/h4-10,19H,3,11-16H2,1-2H3,(H,23,28)(H2,24,25,26);1H. The molecular formula is C22H32IN5O. The number of amides is 1. The molecule has 0 aliphatic carbocycles. The Kier molecular flexibility index (Phi) is 9.66. The zero-order chi connectivity index (χ0) is 19.8. The van der Waals surface area contributed by atoms with Crippen LogP contribution < -0.4 is 16.0 Å². The maximum atomic E-state index is 11.5. The van der Waals surface area contributed by atoms with Gasteiger partial charge in [-0.05, 0) is 36.1 Å². The van der Waals surface area contributed by atoms with Gasteiger partial charge in [-0.3, -0.25) is 9.69 Å². The van der Waals surface area contributed by atoms with Gasteiger partial charge in [0.05, 0.1) is 13.1 Å². The largest absolute Gasteiger partial charge is 0.358 e. The second-order valence-electron chi connectivity index (χ2n) is 7.20. The van der Waals surface area contributed by atoms with E-state index < -0.39 is 0 Å². The first kappa shape index (κ1) is 23.4. The molecule has 2 aromatic carbocycles. The Morgan fingerprint density at radius 2 is 1.86 bits per heavy atom. The molecule has 0 bridgehead atoms. The van der Waals surface area contributed by atoms with E-state index in [4.69, 9.17) is 4.99 Å². The Hall–Kier alpha value is -1.87. The number of carbonyl (C=O) groups is 1. The van der Waals surface area contributed by atoms with Crippen molar-refractivity contribution in [3.8, 4) is 0 Å². The second-order valence-corrected chi connectivity index (χ2v) is 7.20. The molecule has 1 aliphatic heterocycles. The van der Waals surface area contributed by atoms with Crippen molar-refractivity contribution in [1.82, 2.24) is 20.9 Å². The second kappa shape index (κ2) is 12.0. The predicted molar refractivity (Wildman–Crippen MR) is 131 cm³/mol. The van der Waals surface area contributed by atoms with Crippen LogP contribution in [0.15, 0.2) is 47.5 Å². The Labute approximate surface area is 190 Å². The lowest BCUT2D eigenvalue weighted by Crippen LogP contribution is -2.50. The molecule has 3 N–H and O–H groups in total. The van der Waals surface area contributed by atoms with E-state index in [0.29, 0.717) is 19.1 Å². The molecule has 0 spiro atoms. The fourth-order valence-corrected chi connectivity index (χ4v) is 3.63. The first-order valence-corrected chi connectivity index (χ1v) is 10.1. The Bertz CT molecular complexity index is 812. The monoisotopic (exact) mass is 509 g/mol. The van der Waals surface area contributed by atoms with Gasteiger partial charge >= 0.3 is 0 Å². The number of hydrogen-bond acceptors (Lipinski definition) is 3. The summed E-state index contributed by atoms with van der Waals surface area (Å²) in [4.78, 5) is 18.6. The van der Waals surface area contributed by atoms with Crippen molar-refractivity contribution in [2.45, 2.75) is 32.4 Å². The number of likely N-dealkylation sites (N-methyl/N-ethyl adjacent to an activating group) is 1. The molecule has 1 fully saturated rings. The van der Waals surface area contributed by atoms with Crippen LogP contribution in [0.2, 0.25) is 0 Å². The molecule has 1 aliphatic rings. The molecule has 0 aromatic heterocycles. The lowest BCUT2D eigenvalue weighted by molar-refractivity contribution is -0.122. The summed E-state index contributed by atoms with van der Waals surface area (Å²) in [5, 5.41) is 12.1. The summed E-state index contributed by atoms with van der Waals surface area (Å²) in [5.41, 5.74) is 1.23. The van der Waals surface area contributed by atoms with E-state index in [9.17, 15) is 4.79 Å². The average molecular weight is 509 g/mol. The molecule has 0 radical (unpaired) electrons. The number of likely N-dealkylation sites (tertiary alicyclic amines) is 1. The van der Waals surface area contributed by atoms with Crippen molar-refractivity contribution < 1.29 is 4.79 Å². The highest BCUT2D eigenvalue weighted by molar-refractivity contribution is 14.0. The van der Waals surface area contributed by atoms with E-state index in [1.165, 1.54) is 16.3 Å². The van der Waals surface area contributed by atoms with E-state index in [1.54, 1.807) is 7.05 Å². The SMILES string of the molecule is CCNC(=NCc1cccc2ccccc12)NC1CCN(CC(=O)NC)CC1.I. The molecule has 7 heteroatoms. The highest BCUT2D eigenvalue weighted by atomic mass is 127. The molecule has 0 atom stereocenters. The maximum Gasteiger partial charge on any atom is 0.233 e. The van der Waals surface area contributed by atoms with Crippen LogP contribution in [0, 0.1) is 0 Å². The van der Waals surface area contributed by atoms with Crippen LogP contribution >= 0.6 is 24.0 Å². The number of piperidine rings is 1. The molecule has 2 aromatic rings. The first-order chi connectivity index (χ1) is 13.7. The lowest BCUT2D eigenvalue weighted by Gasteiger charge is -2.32. The molecule has 1 heterocycles. The third-order valence-electron chi connectivity index (χ3n) is 5.21. The third kappa shape index (κ3) is 6.85. The van der Waals surface area contributed by atoms with Crippen molar-refractivity contribution in [3.05, 3.63) is 48.0 Å². The summed E-state index contributed by atoms with van der Waals surface area (Å²) >= 11 is 0. The van der Waals surface area contributed by atoms with Gasteiger partial charge in [-0.2, -0.15) is 0 Å². The highest BCUT2D eigenvalue weighted by Gasteiger charge is 2.21. The number of guanidine groups is 1. The van der Waals surface area contributed by atoms with Gasteiger partial charge < -0.3 is 16.0 Å². The zero-order valence-corrected chi connectivity index (χ0v) is 19.6. The third-order valence-corrected chi connectivity index (χ3v) is 5.21. The summed E-state index contributed by atoms with van der Waals surface area (Å²) in [7, 11) is 1.69. The van der Waals surface area contributed by atoms with Crippen LogP contribution in [0.3, 0.4) is 0 Å². The van der Waals surface area contributed by atoms with Crippen molar-refractivity contribution in [1.29, 1.82) is 0 Å². The number of aliphatic imine (C=N–C) groups is 1. The number of benzene rings is 2. The zero-order valence-electron chi connectivity index (χ0n) is 17.3. The minimum atomic E-state index is 0. The summed E-state index contributed by atoms with van der Waals surface area (Å²) < 4.78 is 0. The van der Waals surface area contributed by atoms with Gasteiger partial charge in [-0.25, -0.2) is 4.99 Å². The van der Waals surface area contributed by atoms with E-state index in [-0.39, 0.29) is 29.9 Å². The Morgan fingerprint density at radius 1 is 1.14 bits per heavy atom. The fourth-order valence-electron chi connectivity index (χ4n) is 3.63. The summed E-state index contributed by atoms with van der Waals surface area (Å²) in [6.07, 6.45) is 2.02.